The molecule has 0 amide bonds. The number of rotatable bonds is 3. The molecule has 2 aromatic heterocycles. The molecule has 0 radical (unpaired) electrons. The molecule has 1 aliphatic rings. The van der Waals surface area contributed by atoms with E-state index in [9.17, 15) is 0 Å². The van der Waals surface area contributed by atoms with Gasteiger partial charge in [0.2, 0.25) is 0 Å². The molecule has 2 N–H and O–H groups in total. The van der Waals surface area contributed by atoms with Gasteiger partial charge < -0.3 is 10.3 Å². The summed E-state index contributed by atoms with van der Waals surface area (Å²) in [6, 6.07) is 2.55. The van der Waals surface area contributed by atoms with E-state index in [1.807, 2.05) is 12.3 Å². The SMILES string of the molecule is C[N+](C)=CC1CCC(Nc2ncnc3[nH]ccc23)CC1. The maximum absolute atomic E-state index is 4.38. The molecule has 0 aliphatic heterocycles. The van der Waals surface area contributed by atoms with Gasteiger partial charge in [-0.15, -0.1) is 0 Å². The fraction of sp³-hybridized carbons (Fsp3) is 0.533. The van der Waals surface area contributed by atoms with Crippen LogP contribution in [0.5, 0.6) is 0 Å². The van der Waals surface area contributed by atoms with Gasteiger partial charge in [0.25, 0.3) is 0 Å². The number of H-pyrrole nitrogens is 1. The van der Waals surface area contributed by atoms with Crippen molar-refractivity contribution in [2.24, 2.45) is 5.92 Å². The quantitative estimate of drug-likeness (QED) is 0.665. The number of aromatic amines is 1. The van der Waals surface area contributed by atoms with Crippen LogP contribution in [0.2, 0.25) is 0 Å². The Morgan fingerprint density at radius 2 is 2.05 bits per heavy atom. The molecule has 3 rings (SSSR count). The highest BCUT2D eigenvalue weighted by atomic mass is 15.1. The zero-order valence-corrected chi connectivity index (χ0v) is 12.1. The molecule has 1 fully saturated rings. The average molecular weight is 272 g/mol. The van der Waals surface area contributed by atoms with Crippen molar-refractivity contribution in [1.29, 1.82) is 0 Å². The molecule has 2 aromatic rings. The highest BCUT2D eigenvalue weighted by Crippen LogP contribution is 2.27. The monoisotopic (exact) mass is 272 g/mol. The normalized spacial score (nSPS) is 22.7. The molecule has 0 atom stereocenters. The lowest BCUT2D eigenvalue weighted by Gasteiger charge is -2.26. The third-order valence-corrected chi connectivity index (χ3v) is 3.98. The average Bonchev–Trinajstić information content (AvgIpc) is 2.90. The van der Waals surface area contributed by atoms with Gasteiger partial charge in [0.05, 0.1) is 5.39 Å². The summed E-state index contributed by atoms with van der Waals surface area (Å²) in [5.74, 6) is 1.68. The van der Waals surface area contributed by atoms with E-state index in [0.29, 0.717) is 6.04 Å². The summed E-state index contributed by atoms with van der Waals surface area (Å²) in [6.45, 7) is 0. The third kappa shape index (κ3) is 2.81. The summed E-state index contributed by atoms with van der Waals surface area (Å²) in [5, 5.41) is 4.66. The minimum atomic E-state index is 0.523. The van der Waals surface area contributed by atoms with Crippen molar-refractivity contribution in [2.45, 2.75) is 31.7 Å². The summed E-state index contributed by atoms with van der Waals surface area (Å²) in [4.78, 5) is 11.7. The molecule has 5 nitrogen and oxygen atoms in total. The number of hydrogen-bond acceptors (Lipinski definition) is 3. The first-order valence-electron chi connectivity index (χ1n) is 7.28. The van der Waals surface area contributed by atoms with E-state index < -0.39 is 0 Å². The second-order valence-corrected chi connectivity index (χ2v) is 5.83. The number of hydrogen-bond donors (Lipinski definition) is 2. The van der Waals surface area contributed by atoms with Crippen LogP contribution < -0.4 is 5.32 Å². The lowest BCUT2D eigenvalue weighted by Crippen LogP contribution is -2.28. The van der Waals surface area contributed by atoms with Gasteiger partial charge in [-0.25, -0.2) is 14.5 Å². The fourth-order valence-corrected chi connectivity index (χ4v) is 3.02. The molecule has 0 saturated heterocycles. The van der Waals surface area contributed by atoms with E-state index in [-0.39, 0.29) is 0 Å². The molecule has 0 aromatic carbocycles. The van der Waals surface area contributed by atoms with Crippen LogP contribution >= 0.6 is 0 Å². The number of nitrogens with one attached hydrogen (secondary N) is 2. The number of nitrogens with zero attached hydrogens (tertiary/aromatic N) is 3. The van der Waals surface area contributed by atoms with E-state index >= 15 is 0 Å². The lowest BCUT2D eigenvalue weighted by molar-refractivity contribution is -0.462. The van der Waals surface area contributed by atoms with Gasteiger partial charge in [-0.3, -0.25) is 0 Å². The Kier molecular flexibility index (Phi) is 3.67. The Bertz CT molecular complexity index is 604. The number of fused-ring (bicyclic) bond motifs is 1. The van der Waals surface area contributed by atoms with Crippen molar-refractivity contribution in [3.05, 3.63) is 18.6 Å². The smallest absolute Gasteiger partial charge is 0.142 e. The predicted octanol–water partition coefficient (Wildman–Crippen LogP) is 2.27. The van der Waals surface area contributed by atoms with Crippen LogP contribution in [-0.2, 0) is 0 Å². The first-order chi connectivity index (χ1) is 9.72. The second-order valence-electron chi connectivity index (χ2n) is 5.83. The number of aromatic nitrogens is 3. The van der Waals surface area contributed by atoms with Crippen molar-refractivity contribution in [3.63, 3.8) is 0 Å². The van der Waals surface area contributed by atoms with E-state index in [4.69, 9.17) is 0 Å². The predicted molar refractivity (Wildman–Crippen MR) is 81.4 cm³/mol. The third-order valence-electron chi connectivity index (χ3n) is 3.98. The molecular weight excluding hydrogens is 250 g/mol. The molecule has 20 heavy (non-hydrogen) atoms. The molecule has 5 heteroatoms. The van der Waals surface area contributed by atoms with E-state index in [1.165, 1.54) is 25.7 Å². The van der Waals surface area contributed by atoms with Crippen LogP contribution in [0.15, 0.2) is 18.6 Å². The zero-order valence-electron chi connectivity index (χ0n) is 12.1. The van der Waals surface area contributed by atoms with Crippen LogP contribution in [0.1, 0.15) is 25.7 Å². The highest BCUT2D eigenvalue weighted by Gasteiger charge is 2.22. The summed E-state index contributed by atoms with van der Waals surface area (Å²) < 4.78 is 2.17. The Morgan fingerprint density at radius 1 is 1.25 bits per heavy atom. The first kappa shape index (κ1) is 13.1. The van der Waals surface area contributed by atoms with Gasteiger partial charge in [0.1, 0.15) is 38.1 Å². The van der Waals surface area contributed by atoms with Crippen molar-refractivity contribution in [1.82, 2.24) is 15.0 Å². The van der Waals surface area contributed by atoms with Crippen molar-refractivity contribution in [3.8, 4) is 0 Å². The minimum Gasteiger partial charge on any atom is -0.367 e. The van der Waals surface area contributed by atoms with Crippen molar-refractivity contribution in [2.75, 3.05) is 19.4 Å². The second kappa shape index (κ2) is 5.61. The Hall–Kier alpha value is -1.91. The van der Waals surface area contributed by atoms with Crippen LogP contribution in [0, 0.1) is 5.92 Å². The van der Waals surface area contributed by atoms with Crippen LogP contribution in [-0.4, -0.2) is 45.9 Å². The van der Waals surface area contributed by atoms with Gasteiger partial charge in [-0.2, -0.15) is 0 Å². The van der Waals surface area contributed by atoms with Gasteiger partial charge in [0, 0.05) is 18.2 Å². The van der Waals surface area contributed by atoms with E-state index in [2.05, 4.69) is 45.2 Å². The Labute approximate surface area is 119 Å². The van der Waals surface area contributed by atoms with Gasteiger partial charge in [-0.1, -0.05) is 0 Å². The Morgan fingerprint density at radius 3 is 2.80 bits per heavy atom. The molecule has 0 unspecified atom stereocenters. The first-order valence-corrected chi connectivity index (χ1v) is 7.28. The van der Waals surface area contributed by atoms with Gasteiger partial charge in [0.15, 0.2) is 0 Å². The molecule has 106 valence electrons. The Balaban J connectivity index is 1.65. The molecule has 0 bridgehead atoms. The van der Waals surface area contributed by atoms with Crippen LogP contribution in [0.25, 0.3) is 11.0 Å². The molecule has 0 spiro atoms. The summed E-state index contributed by atoms with van der Waals surface area (Å²) in [5.41, 5.74) is 0.900. The maximum Gasteiger partial charge on any atom is 0.142 e. The van der Waals surface area contributed by atoms with E-state index in [1.54, 1.807) is 6.33 Å². The molecule has 2 heterocycles. The minimum absolute atomic E-state index is 0.523. The largest absolute Gasteiger partial charge is 0.367 e. The van der Waals surface area contributed by atoms with Gasteiger partial charge in [-0.05, 0) is 31.7 Å². The zero-order chi connectivity index (χ0) is 13.9. The highest BCUT2D eigenvalue weighted by molar-refractivity contribution is 5.86. The molecule has 1 saturated carbocycles. The standard InChI is InChI=1S/C15H22N5/c1-20(2)9-11-3-5-12(6-4-11)19-15-13-7-8-16-14(13)17-10-18-15/h7-12H,3-6H2,1-2H3,(H2,16,17,18,19)/q+1. The lowest BCUT2D eigenvalue weighted by atomic mass is 9.86. The number of anilines is 1. The van der Waals surface area contributed by atoms with Gasteiger partial charge >= 0.3 is 0 Å². The van der Waals surface area contributed by atoms with Crippen LogP contribution in [0.4, 0.5) is 5.82 Å². The van der Waals surface area contributed by atoms with Crippen molar-refractivity contribution < 1.29 is 4.58 Å². The van der Waals surface area contributed by atoms with Crippen molar-refractivity contribution >= 4 is 23.1 Å². The summed E-state index contributed by atoms with van der Waals surface area (Å²) in [7, 11) is 4.21. The van der Waals surface area contributed by atoms with E-state index in [0.717, 1.165) is 22.8 Å². The molecule has 1 aliphatic carbocycles. The maximum atomic E-state index is 4.38. The summed E-state index contributed by atoms with van der Waals surface area (Å²) in [6.07, 6.45) is 10.8. The topological polar surface area (TPSA) is 56.6 Å². The fourth-order valence-electron chi connectivity index (χ4n) is 3.02. The van der Waals surface area contributed by atoms with Crippen LogP contribution in [0.3, 0.4) is 0 Å². The summed E-state index contributed by atoms with van der Waals surface area (Å²) >= 11 is 0. The molecular formula is C15H22N5+.